The van der Waals surface area contributed by atoms with Crippen molar-refractivity contribution in [1.29, 1.82) is 0 Å². The van der Waals surface area contributed by atoms with Crippen molar-refractivity contribution in [3.63, 3.8) is 0 Å². The first-order chi connectivity index (χ1) is 13.0. The minimum absolute atomic E-state index is 0.220. The third kappa shape index (κ3) is 4.81. The molecule has 0 aromatic heterocycles. The van der Waals surface area contributed by atoms with Crippen LogP contribution in [-0.4, -0.2) is 31.8 Å². The van der Waals surface area contributed by atoms with Crippen LogP contribution in [0.15, 0.2) is 42.5 Å². The van der Waals surface area contributed by atoms with Crippen molar-refractivity contribution in [3.05, 3.63) is 48.0 Å². The summed E-state index contributed by atoms with van der Waals surface area (Å²) in [6, 6.07) is 11.8. The van der Waals surface area contributed by atoms with Gasteiger partial charge in [-0.3, -0.25) is 10.1 Å². The SMILES string of the molecule is CNC(=O)NC(=O)[C@@H](C)Nc1cccc(COc2ccc3c(c2)OCO3)c1. The van der Waals surface area contributed by atoms with Crippen LogP contribution in [0.25, 0.3) is 0 Å². The molecule has 1 atom stereocenters. The Balaban J connectivity index is 1.57. The molecule has 0 saturated heterocycles. The Bertz CT molecular complexity index is 840. The van der Waals surface area contributed by atoms with Crippen LogP contribution in [-0.2, 0) is 11.4 Å². The quantitative estimate of drug-likeness (QED) is 0.721. The average molecular weight is 371 g/mol. The lowest BCUT2D eigenvalue weighted by molar-refractivity contribution is -0.120. The van der Waals surface area contributed by atoms with E-state index in [0.717, 1.165) is 11.3 Å². The zero-order chi connectivity index (χ0) is 19.2. The molecule has 0 spiro atoms. The topological polar surface area (TPSA) is 97.9 Å². The van der Waals surface area contributed by atoms with Crippen LogP contribution in [0, 0.1) is 0 Å². The normalized spacial score (nSPS) is 12.8. The molecule has 0 fully saturated rings. The van der Waals surface area contributed by atoms with Crippen LogP contribution in [0.4, 0.5) is 10.5 Å². The highest BCUT2D eigenvalue weighted by Gasteiger charge is 2.15. The van der Waals surface area contributed by atoms with Crippen molar-refractivity contribution in [2.75, 3.05) is 19.2 Å². The van der Waals surface area contributed by atoms with Crippen molar-refractivity contribution in [2.24, 2.45) is 0 Å². The van der Waals surface area contributed by atoms with Gasteiger partial charge < -0.3 is 24.8 Å². The van der Waals surface area contributed by atoms with Gasteiger partial charge in [0.25, 0.3) is 0 Å². The second-order valence-corrected chi connectivity index (χ2v) is 5.94. The lowest BCUT2D eigenvalue weighted by Gasteiger charge is -2.15. The molecule has 3 amide bonds. The molecule has 0 saturated carbocycles. The first-order valence-electron chi connectivity index (χ1n) is 8.45. The second kappa shape index (κ2) is 8.31. The zero-order valence-corrected chi connectivity index (χ0v) is 15.1. The van der Waals surface area contributed by atoms with Crippen LogP contribution in [0.2, 0.25) is 0 Å². The summed E-state index contributed by atoms with van der Waals surface area (Å²) in [5, 5.41) is 7.63. The van der Waals surface area contributed by atoms with E-state index >= 15 is 0 Å². The predicted octanol–water partition coefficient (Wildman–Crippen LogP) is 2.25. The number of rotatable bonds is 6. The number of carbonyl (C=O) groups is 2. The van der Waals surface area contributed by atoms with E-state index in [1.165, 1.54) is 7.05 Å². The van der Waals surface area contributed by atoms with Gasteiger partial charge in [0.15, 0.2) is 11.5 Å². The van der Waals surface area contributed by atoms with Crippen molar-refractivity contribution < 1.29 is 23.8 Å². The Morgan fingerprint density at radius 3 is 2.78 bits per heavy atom. The fraction of sp³-hybridized carbons (Fsp3) is 0.263. The number of hydrogen-bond donors (Lipinski definition) is 3. The molecule has 0 aliphatic carbocycles. The highest BCUT2D eigenvalue weighted by molar-refractivity contribution is 5.97. The molecule has 8 heteroatoms. The number of amides is 3. The van der Waals surface area contributed by atoms with Crippen LogP contribution in [0.5, 0.6) is 17.2 Å². The van der Waals surface area contributed by atoms with Crippen molar-refractivity contribution >= 4 is 17.6 Å². The molecule has 142 valence electrons. The fourth-order valence-corrected chi connectivity index (χ4v) is 2.48. The molecule has 0 radical (unpaired) electrons. The van der Waals surface area contributed by atoms with Gasteiger partial charge in [-0.25, -0.2) is 4.79 Å². The highest BCUT2D eigenvalue weighted by Crippen LogP contribution is 2.35. The van der Waals surface area contributed by atoms with E-state index in [2.05, 4.69) is 16.0 Å². The molecular formula is C19H21N3O5. The lowest BCUT2D eigenvalue weighted by atomic mass is 10.2. The fourth-order valence-electron chi connectivity index (χ4n) is 2.48. The molecule has 2 aromatic rings. The molecule has 0 bridgehead atoms. The van der Waals surface area contributed by atoms with E-state index < -0.39 is 18.0 Å². The number of urea groups is 1. The Hall–Kier alpha value is -3.42. The number of nitrogens with one attached hydrogen (secondary N) is 3. The van der Waals surface area contributed by atoms with Crippen molar-refractivity contribution in [3.8, 4) is 17.2 Å². The van der Waals surface area contributed by atoms with Gasteiger partial charge in [0.05, 0.1) is 0 Å². The number of hydrogen-bond acceptors (Lipinski definition) is 6. The molecular weight excluding hydrogens is 350 g/mol. The van der Waals surface area contributed by atoms with Gasteiger partial charge in [-0.2, -0.15) is 0 Å². The zero-order valence-electron chi connectivity index (χ0n) is 15.1. The van der Waals surface area contributed by atoms with Gasteiger partial charge in [-0.15, -0.1) is 0 Å². The maximum absolute atomic E-state index is 11.9. The Morgan fingerprint density at radius 2 is 1.96 bits per heavy atom. The van der Waals surface area contributed by atoms with E-state index in [4.69, 9.17) is 14.2 Å². The van der Waals surface area contributed by atoms with E-state index in [-0.39, 0.29) is 6.79 Å². The van der Waals surface area contributed by atoms with Gasteiger partial charge in [0, 0.05) is 18.8 Å². The van der Waals surface area contributed by atoms with E-state index in [9.17, 15) is 9.59 Å². The first-order valence-corrected chi connectivity index (χ1v) is 8.45. The summed E-state index contributed by atoms with van der Waals surface area (Å²) in [4.78, 5) is 23.1. The number of anilines is 1. The Labute approximate surface area is 156 Å². The summed E-state index contributed by atoms with van der Waals surface area (Å²) in [6.45, 7) is 2.25. The second-order valence-electron chi connectivity index (χ2n) is 5.94. The van der Waals surface area contributed by atoms with Gasteiger partial charge in [-0.1, -0.05) is 12.1 Å². The molecule has 0 unspecified atom stereocenters. The number of carbonyl (C=O) groups excluding carboxylic acids is 2. The third-order valence-electron chi connectivity index (χ3n) is 3.92. The first kappa shape index (κ1) is 18.4. The van der Waals surface area contributed by atoms with Gasteiger partial charge in [0.2, 0.25) is 12.7 Å². The standard InChI is InChI=1S/C19H21N3O5/c1-12(18(23)22-19(24)20-2)21-14-5-3-4-13(8-14)10-25-15-6-7-16-17(9-15)27-11-26-16/h3-9,12,21H,10-11H2,1-2H3,(H2,20,22,23,24)/t12-/m1/s1. The monoisotopic (exact) mass is 371 g/mol. The Kier molecular flexibility index (Phi) is 5.65. The van der Waals surface area contributed by atoms with E-state index in [1.807, 2.05) is 36.4 Å². The molecule has 1 aliphatic heterocycles. The largest absolute Gasteiger partial charge is 0.489 e. The van der Waals surface area contributed by atoms with Crippen LogP contribution in [0.1, 0.15) is 12.5 Å². The Morgan fingerprint density at radius 1 is 1.15 bits per heavy atom. The van der Waals surface area contributed by atoms with E-state index in [0.29, 0.717) is 23.9 Å². The summed E-state index contributed by atoms with van der Waals surface area (Å²) in [5.41, 5.74) is 1.68. The summed E-state index contributed by atoms with van der Waals surface area (Å²) in [6.07, 6.45) is 0. The number of fused-ring (bicyclic) bond motifs is 1. The summed E-state index contributed by atoms with van der Waals surface area (Å²) < 4.78 is 16.4. The molecule has 1 aliphatic rings. The molecule has 1 heterocycles. The molecule has 2 aromatic carbocycles. The average Bonchev–Trinajstić information content (AvgIpc) is 3.14. The maximum Gasteiger partial charge on any atom is 0.321 e. The van der Waals surface area contributed by atoms with Gasteiger partial charge in [0.1, 0.15) is 18.4 Å². The molecule has 27 heavy (non-hydrogen) atoms. The van der Waals surface area contributed by atoms with Crippen molar-refractivity contribution in [2.45, 2.75) is 19.6 Å². The van der Waals surface area contributed by atoms with Crippen LogP contribution in [0.3, 0.4) is 0 Å². The van der Waals surface area contributed by atoms with Gasteiger partial charge in [-0.05, 0) is 36.8 Å². The number of imide groups is 1. The molecule has 3 N–H and O–H groups in total. The maximum atomic E-state index is 11.9. The summed E-state index contributed by atoms with van der Waals surface area (Å²) in [5.74, 6) is 1.63. The minimum Gasteiger partial charge on any atom is -0.489 e. The predicted molar refractivity (Wildman–Crippen MR) is 99.0 cm³/mol. The smallest absolute Gasteiger partial charge is 0.321 e. The van der Waals surface area contributed by atoms with Crippen LogP contribution < -0.4 is 30.2 Å². The minimum atomic E-state index is -0.577. The third-order valence-corrected chi connectivity index (χ3v) is 3.92. The number of benzene rings is 2. The molecule has 8 nitrogen and oxygen atoms in total. The summed E-state index contributed by atoms with van der Waals surface area (Å²) >= 11 is 0. The van der Waals surface area contributed by atoms with Gasteiger partial charge >= 0.3 is 6.03 Å². The van der Waals surface area contributed by atoms with E-state index in [1.54, 1.807) is 13.0 Å². The molecule has 3 rings (SSSR count). The highest BCUT2D eigenvalue weighted by atomic mass is 16.7. The van der Waals surface area contributed by atoms with Crippen LogP contribution >= 0.6 is 0 Å². The van der Waals surface area contributed by atoms with Crippen molar-refractivity contribution in [1.82, 2.24) is 10.6 Å². The lowest BCUT2D eigenvalue weighted by Crippen LogP contribution is -2.44. The summed E-state index contributed by atoms with van der Waals surface area (Å²) in [7, 11) is 1.45. The number of ether oxygens (including phenoxy) is 3.